The lowest BCUT2D eigenvalue weighted by Crippen LogP contribution is -2.60. The lowest BCUT2D eigenvalue weighted by molar-refractivity contribution is -0.277. The molecule has 29 heavy (non-hydrogen) atoms. The molecule has 0 aromatic heterocycles. The number of benzene rings is 1. The van der Waals surface area contributed by atoms with Crippen molar-refractivity contribution >= 4 is 5.97 Å². The molecule has 1 heterocycles. The summed E-state index contributed by atoms with van der Waals surface area (Å²) in [6, 6.07) is 5.45. The highest BCUT2D eigenvalue weighted by molar-refractivity contribution is 5.71. The molecule has 0 bridgehead atoms. The van der Waals surface area contributed by atoms with Crippen LogP contribution in [0.15, 0.2) is 42.0 Å². The molecule has 8 heteroatoms. The van der Waals surface area contributed by atoms with E-state index in [9.17, 15) is 25.2 Å². The van der Waals surface area contributed by atoms with Crippen molar-refractivity contribution in [2.75, 3.05) is 6.61 Å². The van der Waals surface area contributed by atoms with E-state index in [0.29, 0.717) is 17.7 Å². The van der Waals surface area contributed by atoms with Crippen LogP contribution >= 0.6 is 0 Å². The fourth-order valence-corrected chi connectivity index (χ4v) is 3.61. The van der Waals surface area contributed by atoms with Gasteiger partial charge in [-0.2, -0.15) is 0 Å². The molecule has 1 saturated heterocycles. The van der Waals surface area contributed by atoms with Crippen molar-refractivity contribution in [3.8, 4) is 5.75 Å². The van der Waals surface area contributed by atoms with Gasteiger partial charge in [-0.25, -0.2) is 0 Å². The van der Waals surface area contributed by atoms with Gasteiger partial charge in [-0.1, -0.05) is 35.9 Å². The second-order valence-electron chi connectivity index (χ2n) is 7.41. The minimum atomic E-state index is -1.53. The fourth-order valence-electron chi connectivity index (χ4n) is 3.61. The van der Waals surface area contributed by atoms with Gasteiger partial charge in [-0.15, -0.1) is 0 Å². The van der Waals surface area contributed by atoms with Gasteiger partial charge >= 0.3 is 5.97 Å². The van der Waals surface area contributed by atoms with Crippen LogP contribution < -0.4 is 4.74 Å². The number of aliphatic hydroxyl groups is 4. The molecule has 0 saturated carbocycles. The Kier molecular flexibility index (Phi) is 6.71. The number of carboxylic acids is 1. The zero-order chi connectivity index (χ0) is 21.1. The van der Waals surface area contributed by atoms with E-state index in [1.54, 1.807) is 12.1 Å². The Bertz CT molecular complexity index is 800. The maximum absolute atomic E-state index is 11.0. The van der Waals surface area contributed by atoms with E-state index >= 15 is 0 Å². The number of hydrogen-bond acceptors (Lipinski definition) is 7. The van der Waals surface area contributed by atoms with E-state index in [0.717, 1.165) is 11.1 Å². The van der Waals surface area contributed by atoms with E-state index in [4.69, 9.17) is 14.6 Å². The largest absolute Gasteiger partial charge is 0.481 e. The molecule has 158 valence electrons. The summed E-state index contributed by atoms with van der Waals surface area (Å²) in [5.41, 5.74) is 2.45. The Labute approximate surface area is 168 Å². The first kappa shape index (κ1) is 21.5. The van der Waals surface area contributed by atoms with E-state index in [-0.39, 0.29) is 12.3 Å². The smallest absolute Gasteiger partial charge is 0.307 e. The Balaban J connectivity index is 1.87. The Morgan fingerprint density at radius 2 is 1.97 bits per heavy atom. The zero-order valence-corrected chi connectivity index (χ0v) is 16.0. The third-order valence-corrected chi connectivity index (χ3v) is 5.15. The SMILES string of the molecule is Cc1ccc(O[C@H]2O[C@H](CO)[C@@H](O)[C@H](O)[C@@H]2O)c(C2C=C(CC(=O)O)C=CC2)c1. The molecule has 0 amide bonds. The molecule has 6 atom stereocenters. The van der Waals surface area contributed by atoms with Gasteiger partial charge in [-0.05, 0) is 25.0 Å². The number of aliphatic carboxylic acids is 1. The number of aliphatic hydroxyl groups excluding tert-OH is 4. The standard InChI is InChI=1S/C21H26O8/c1-11-5-6-15(28-21-20(27)19(26)18(25)16(10-22)29-21)14(7-11)13-4-2-3-12(8-13)9-17(23)24/h2-3,5-8,13,16,18-22,25-27H,4,9-10H2,1H3,(H,23,24)/t13?,16-,18-,19+,20+,21+/m1/s1. The van der Waals surface area contributed by atoms with E-state index in [1.807, 2.05) is 31.2 Å². The van der Waals surface area contributed by atoms with Gasteiger partial charge in [0, 0.05) is 11.5 Å². The number of carbonyl (C=O) groups is 1. The van der Waals surface area contributed by atoms with E-state index in [1.165, 1.54) is 0 Å². The predicted molar refractivity (Wildman–Crippen MR) is 102 cm³/mol. The number of rotatable bonds is 6. The lowest BCUT2D eigenvalue weighted by Gasteiger charge is -2.40. The summed E-state index contributed by atoms with van der Waals surface area (Å²) < 4.78 is 11.3. The molecule has 1 aromatic rings. The van der Waals surface area contributed by atoms with Gasteiger partial charge < -0.3 is 35.0 Å². The number of aryl methyl sites for hydroxylation is 1. The second kappa shape index (κ2) is 9.06. The lowest BCUT2D eigenvalue weighted by atomic mass is 9.87. The van der Waals surface area contributed by atoms with Gasteiger partial charge in [0.1, 0.15) is 30.2 Å². The van der Waals surface area contributed by atoms with Gasteiger partial charge in [-0.3, -0.25) is 4.79 Å². The Morgan fingerprint density at radius 3 is 2.66 bits per heavy atom. The maximum Gasteiger partial charge on any atom is 0.307 e. The molecule has 1 aliphatic carbocycles. The topological polar surface area (TPSA) is 137 Å². The number of hydrogen-bond donors (Lipinski definition) is 5. The average molecular weight is 406 g/mol. The summed E-state index contributed by atoms with van der Waals surface area (Å²) in [7, 11) is 0. The van der Waals surface area contributed by atoms with Crippen LogP contribution in [0.4, 0.5) is 0 Å². The summed E-state index contributed by atoms with van der Waals surface area (Å²) in [5.74, 6) is -0.635. The Morgan fingerprint density at radius 1 is 1.21 bits per heavy atom. The quantitative estimate of drug-likeness (QED) is 0.464. The molecule has 5 N–H and O–H groups in total. The van der Waals surface area contributed by atoms with E-state index < -0.39 is 43.3 Å². The van der Waals surface area contributed by atoms with Crippen LogP contribution in [0.5, 0.6) is 5.75 Å². The van der Waals surface area contributed by atoms with Crippen molar-refractivity contribution in [1.82, 2.24) is 0 Å². The highest BCUT2D eigenvalue weighted by atomic mass is 16.7. The van der Waals surface area contributed by atoms with E-state index in [2.05, 4.69) is 0 Å². The molecule has 3 rings (SSSR count). The normalized spacial score (nSPS) is 32.0. The first-order chi connectivity index (χ1) is 13.8. The summed E-state index contributed by atoms with van der Waals surface area (Å²) in [6.45, 7) is 1.38. The molecular formula is C21H26O8. The molecular weight excluding hydrogens is 380 g/mol. The van der Waals surface area contributed by atoms with Crippen LogP contribution in [0.2, 0.25) is 0 Å². The van der Waals surface area contributed by atoms with Crippen molar-refractivity contribution in [2.45, 2.75) is 56.4 Å². The number of ether oxygens (including phenoxy) is 2. The van der Waals surface area contributed by atoms with Gasteiger partial charge in [0.15, 0.2) is 0 Å². The minimum Gasteiger partial charge on any atom is -0.481 e. The predicted octanol–water partition coefficient (Wildman–Crippen LogP) is 0.618. The molecule has 2 aliphatic rings. The minimum absolute atomic E-state index is 0.0816. The van der Waals surface area contributed by atoms with Gasteiger partial charge in [0.25, 0.3) is 0 Å². The molecule has 8 nitrogen and oxygen atoms in total. The second-order valence-corrected chi connectivity index (χ2v) is 7.41. The first-order valence-electron chi connectivity index (χ1n) is 9.47. The third kappa shape index (κ3) is 4.85. The van der Waals surface area contributed by atoms with Gasteiger partial charge in [0.2, 0.25) is 6.29 Å². The molecule has 1 aliphatic heterocycles. The van der Waals surface area contributed by atoms with Crippen molar-refractivity contribution in [3.63, 3.8) is 0 Å². The molecule has 0 radical (unpaired) electrons. The zero-order valence-electron chi connectivity index (χ0n) is 16.0. The summed E-state index contributed by atoms with van der Waals surface area (Å²) >= 11 is 0. The molecule has 1 fully saturated rings. The number of carboxylic acid groups (broad SMARTS) is 1. The fraction of sp³-hybridized carbons (Fsp3) is 0.476. The van der Waals surface area contributed by atoms with Gasteiger partial charge in [0.05, 0.1) is 13.0 Å². The van der Waals surface area contributed by atoms with Crippen LogP contribution in [-0.2, 0) is 9.53 Å². The van der Waals surface area contributed by atoms with Crippen molar-refractivity contribution in [3.05, 3.63) is 53.1 Å². The molecule has 1 aromatic carbocycles. The van der Waals surface area contributed by atoms with Crippen LogP contribution in [0.25, 0.3) is 0 Å². The summed E-state index contributed by atoms with van der Waals surface area (Å²) in [6.07, 6.45) is -0.701. The molecule has 0 spiro atoms. The van der Waals surface area contributed by atoms with Crippen molar-refractivity contribution in [1.29, 1.82) is 0 Å². The Hall–Kier alpha value is -2.23. The summed E-state index contributed by atoms with van der Waals surface area (Å²) in [5, 5.41) is 48.6. The monoisotopic (exact) mass is 406 g/mol. The first-order valence-corrected chi connectivity index (χ1v) is 9.47. The molecule has 1 unspecified atom stereocenters. The van der Waals surface area contributed by atoms with Crippen molar-refractivity contribution < 1.29 is 39.8 Å². The van der Waals surface area contributed by atoms with Crippen LogP contribution in [0.3, 0.4) is 0 Å². The summed E-state index contributed by atoms with van der Waals surface area (Å²) in [4.78, 5) is 11.0. The number of allylic oxidation sites excluding steroid dienone is 3. The third-order valence-electron chi connectivity index (χ3n) is 5.15. The maximum atomic E-state index is 11.0. The van der Waals surface area contributed by atoms with Crippen molar-refractivity contribution in [2.24, 2.45) is 0 Å². The highest BCUT2D eigenvalue weighted by Crippen LogP contribution is 2.36. The van der Waals surface area contributed by atoms with Crippen LogP contribution in [0, 0.1) is 6.92 Å². The van der Waals surface area contributed by atoms with Crippen LogP contribution in [-0.4, -0.2) is 68.8 Å². The van der Waals surface area contributed by atoms with Crippen LogP contribution in [0.1, 0.15) is 29.9 Å². The highest BCUT2D eigenvalue weighted by Gasteiger charge is 2.45. The average Bonchev–Trinajstić information content (AvgIpc) is 2.69.